The van der Waals surface area contributed by atoms with E-state index in [1.807, 2.05) is 31.2 Å². The molecule has 0 bridgehead atoms. The molecule has 0 unspecified atom stereocenters. The van der Waals surface area contributed by atoms with Crippen molar-refractivity contribution < 1.29 is 14.3 Å². The van der Waals surface area contributed by atoms with Crippen molar-refractivity contribution in [2.45, 2.75) is 13.3 Å². The highest BCUT2D eigenvalue weighted by atomic mass is 16.5. The predicted octanol–water partition coefficient (Wildman–Crippen LogP) is 0.832. The number of carbonyl (C=O) groups is 2. The van der Waals surface area contributed by atoms with Gasteiger partial charge in [0.25, 0.3) is 17.4 Å². The van der Waals surface area contributed by atoms with E-state index >= 15 is 0 Å². The summed E-state index contributed by atoms with van der Waals surface area (Å²) in [6, 6.07) is 10.2. The lowest BCUT2D eigenvalue weighted by Crippen LogP contribution is -2.39. The van der Waals surface area contributed by atoms with Crippen molar-refractivity contribution in [2.75, 3.05) is 32.8 Å². The molecule has 1 aromatic heterocycles. The molecule has 1 fully saturated rings. The Kier molecular flexibility index (Phi) is 5.85. The monoisotopic (exact) mass is 370 g/mol. The van der Waals surface area contributed by atoms with Crippen LogP contribution in [-0.4, -0.2) is 64.6 Å². The Labute approximate surface area is 156 Å². The zero-order valence-corrected chi connectivity index (χ0v) is 15.2. The van der Waals surface area contributed by atoms with Crippen LogP contribution >= 0.6 is 0 Å². The van der Waals surface area contributed by atoms with Crippen LogP contribution in [0.5, 0.6) is 5.75 Å². The van der Waals surface area contributed by atoms with E-state index in [1.54, 1.807) is 9.80 Å². The molecule has 1 aliphatic heterocycles. The number of hydrogen-bond donors (Lipinski definition) is 1. The lowest BCUT2D eigenvalue weighted by Gasteiger charge is -2.22. The van der Waals surface area contributed by atoms with Crippen LogP contribution in [0.4, 0.5) is 0 Å². The van der Waals surface area contributed by atoms with Crippen molar-refractivity contribution in [2.24, 2.45) is 0 Å². The number of H-pyrrole nitrogens is 1. The van der Waals surface area contributed by atoms with Crippen molar-refractivity contribution in [3.8, 4) is 5.75 Å². The molecule has 0 saturated carbocycles. The molecule has 2 heterocycles. The predicted molar refractivity (Wildman–Crippen MR) is 98.6 cm³/mol. The van der Waals surface area contributed by atoms with Gasteiger partial charge in [-0.1, -0.05) is 12.1 Å². The first-order valence-corrected chi connectivity index (χ1v) is 8.85. The maximum absolute atomic E-state index is 12.5. The van der Waals surface area contributed by atoms with Gasteiger partial charge in [0.15, 0.2) is 6.61 Å². The summed E-state index contributed by atoms with van der Waals surface area (Å²) >= 11 is 0. The molecule has 142 valence electrons. The third kappa shape index (κ3) is 4.93. The Morgan fingerprint density at radius 3 is 2.63 bits per heavy atom. The summed E-state index contributed by atoms with van der Waals surface area (Å²) in [6.07, 6.45) is 0.672. The highest BCUT2D eigenvalue weighted by Crippen LogP contribution is 2.13. The van der Waals surface area contributed by atoms with E-state index in [1.165, 1.54) is 12.1 Å². The van der Waals surface area contributed by atoms with Gasteiger partial charge in [-0.15, -0.1) is 0 Å². The molecule has 0 aliphatic carbocycles. The van der Waals surface area contributed by atoms with Crippen LogP contribution in [0.15, 0.2) is 41.2 Å². The quantitative estimate of drug-likeness (QED) is 0.860. The Bertz CT molecular complexity index is 860. The van der Waals surface area contributed by atoms with Gasteiger partial charge in [-0.25, -0.2) is 5.10 Å². The number of rotatable bonds is 4. The fourth-order valence-electron chi connectivity index (χ4n) is 2.94. The molecule has 2 amide bonds. The molecule has 3 rings (SSSR count). The van der Waals surface area contributed by atoms with Gasteiger partial charge in [0.1, 0.15) is 11.4 Å². The third-order valence-corrected chi connectivity index (χ3v) is 4.39. The second-order valence-electron chi connectivity index (χ2n) is 6.44. The number of amides is 2. The van der Waals surface area contributed by atoms with Crippen molar-refractivity contribution in [3.63, 3.8) is 0 Å². The lowest BCUT2D eigenvalue weighted by atomic mass is 10.2. The highest BCUT2D eigenvalue weighted by molar-refractivity contribution is 5.92. The minimum atomic E-state index is -0.354. The van der Waals surface area contributed by atoms with E-state index in [0.717, 1.165) is 5.56 Å². The second kappa shape index (κ2) is 8.48. The Hall–Kier alpha value is -3.16. The summed E-state index contributed by atoms with van der Waals surface area (Å²) in [4.78, 5) is 39.4. The minimum Gasteiger partial charge on any atom is -0.484 e. The van der Waals surface area contributed by atoms with E-state index in [4.69, 9.17) is 4.74 Å². The molecule has 1 N–H and O–H groups in total. The van der Waals surface area contributed by atoms with E-state index in [-0.39, 0.29) is 29.7 Å². The molecular weight excluding hydrogens is 348 g/mol. The van der Waals surface area contributed by atoms with Gasteiger partial charge in [0.2, 0.25) is 0 Å². The van der Waals surface area contributed by atoms with Gasteiger partial charge >= 0.3 is 0 Å². The van der Waals surface area contributed by atoms with Crippen molar-refractivity contribution in [3.05, 3.63) is 58.0 Å². The molecule has 8 nitrogen and oxygen atoms in total. The normalized spacial score (nSPS) is 14.6. The third-order valence-electron chi connectivity index (χ3n) is 4.39. The molecule has 0 spiro atoms. The SMILES string of the molecule is Cc1cccc(OCC(=O)N2CCCN(C(=O)c3ccc(=O)[nH]n3)CC2)c1. The van der Waals surface area contributed by atoms with Crippen molar-refractivity contribution in [1.82, 2.24) is 20.0 Å². The summed E-state index contributed by atoms with van der Waals surface area (Å²) in [5.41, 5.74) is 0.907. The summed E-state index contributed by atoms with van der Waals surface area (Å²) in [5.74, 6) is 0.309. The molecule has 1 aromatic carbocycles. The lowest BCUT2D eigenvalue weighted by molar-refractivity contribution is -0.133. The molecule has 0 radical (unpaired) electrons. The number of aromatic amines is 1. The first kappa shape index (κ1) is 18.6. The van der Waals surface area contributed by atoms with Crippen LogP contribution in [0.3, 0.4) is 0 Å². The molecular formula is C19H22N4O4. The maximum Gasteiger partial charge on any atom is 0.274 e. The molecule has 27 heavy (non-hydrogen) atoms. The molecule has 8 heteroatoms. The first-order valence-electron chi connectivity index (χ1n) is 8.85. The number of aromatic nitrogens is 2. The van der Waals surface area contributed by atoms with E-state index in [2.05, 4.69) is 10.2 Å². The Morgan fingerprint density at radius 2 is 1.89 bits per heavy atom. The van der Waals surface area contributed by atoms with Crippen LogP contribution in [0.2, 0.25) is 0 Å². The average molecular weight is 370 g/mol. The van der Waals surface area contributed by atoms with Gasteiger partial charge in [-0.2, -0.15) is 5.10 Å². The number of nitrogens with one attached hydrogen (secondary N) is 1. The Balaban J connectivity index is 1.54. The topological polar surface area (TPSA) is 95.6 Å². The zero-order valence-electron chi connectivity index (χ0n) is 15.2. The number of carbonyl (C=O) groups excluding carboxylic acids is 2. The van der Waals surface area contributed by atoms with Gasteiger partial charge < -0.3 is 14.5 Å². The fourth-order valence-corrected chi connectivity index (χ4v) is 2.94. The molecule has 0 atom stereocenters. The maximum atomic E-state index is 12.5. The van der Waals surface area contributed by atoms with E-state index in [9.17, 15) is 14.4 Å². The molecule has 1 saturated heterocycles. The van der Waals surface area contributed by atoms with Crippen molar-refractivity contribution in [1.29, 1.82) is 0 Å². The second-order valence-corrected chi connectivity index (χ2v) is 6.44. The smallest absolute Gasteiger partial charge is 0.274 e. The van der Waals surface area contributed by atoms with Crippen LogP contribution in [0.1, 0.15) is 22.5 Å². The standard InChI is InChI=1S/C19H22N4O4/c1-14-4-2-5-15(12-14)27-13-18(25)22-8-3-9-23(11-10-22)19(26)16-6-7-17(24)21-20-16/h2,4-7,12H,3,8-11,13H2,1H3,(H,21,24). The van der Waals surface area contributed by atoms with Crippen LogP contribution < -0.4 is 10.3 Å². The van der Waals surface area contributed by atoms with Crippen LogP contribution in [0, 0.1) is 6.92 Å². The summed E-state index contributed by atoms with van der Waals surface area (Å²) in [5, 5.41) is 6.04. The summed E-state index contributed by atoms with van der Waals surface area (Å²) in [6.45, 7) is 3.88. The van der Waals surface area contributed by atoms with Gasteiger partial charge in [-0.05, 0) is 37.1 Å². The van der Waals surface area contributed by atoms with Crippen LogP contribution in [0.25, 0.3) is 0 Å². The summed E-state index contributed by atoms with van der Waals surface area (Å²) in [7, 11) is 0. The molecule has 1 aliphatic rings. The van der Waals surface area contributed by atoms with Gasteiger partial charge in [0.05, 0.1) is 0 Å². The number of aryl methyl sites for hydroxylation is 1. The van der Waals surface area contributed by atoms with Crippen LogP contribution in [-0.2, 0) is 4.79 Å². The van der Waals surface area contributed by atoms with Crippen molar-refractivity contribution >= 4 is 11.8 Å². The number of hydrogen-bond acceptors (Lipinski definition) is 5. The van der Waals surface area contributed by atoms with Gasteiger partial charge in [-0.3, -0.25) is 14.4 Å². The van der Waals surface area contributed by atoms with Gasteiger partial charge in [0, 0.05) is 32.2 Å². The largest absolute Gasteiger partial charge is 0.484 e. The number of benzene rings is 1. The first-order chi connectivity index (χ1) is 13.0. The minimum absolute atomic E-state index is 0.0289. The highest BCUT2D eigenvalue weighted by Gasteiger charge is 2.23. The average Bonchev–Trinajstić information content (AvgIpc) is 2.92. The summed E-state index contributed by atoms with van der Waals surface area (Å²) < 4.78 is 5.58. The number of nitrogens with zero attached hydrogens (tertiary/aromatic N) is 3. The van der Waals surface area contributed by atoms with E-state index < -0.39 is 0 Å². The fraction of sp³-hybridized carbons (Fsp3) is 0.368. The number of ether oxygens (including phenoxy) is 1. The molecule has 2 aromatic rings. The zero-order chi connectivity index (χ0) is 19.2. The Morgan fingerprint density at radius 1 is 1.11 bits per heavy atom. The van der Waals surface area contributed by atoms with E-state index in [0.29, 0.717) is 38.3 Å².